The quantitative estimate of drug-likeness (QED) is 0.765. The van der Waals surface area contributed by atoms with Gasteiger partial charge in [0.15, 0.2) is 0 Å². The van der Waals surface area contributed by atoms with Gasteiger partial charge >= 0.3 is 0 Å². The molecule has 3 nitrogen and oxygen atoms in total. The maximum Gasteiger partial charge on any atom is 0.253 e. The van der Waals surface area contributed by atoms with Gasteiger partial charge in [-0.2, -0.15) is 0 Å². The van der Waals surface area contributed by atoms with Crippen LogP contribution < -0.4 is 11.1 Å². The lowest BCUT2D eigenvalue weighted by Gasteiger charge is -2.10. The number of nitrogens with two attached hydrogens (primary N) is 1. The summed E-state index contributed by atoms with van der Waals surface area (Å²) in [6.07, 6.45) is 0.984. The molecule has 0 saturated heterocycles. The number of carbonyl (C=O) groups is 1. The molecule has 1 amide bonds. The maximum atomic E-state index is 11.9. The van der Waals surface area contributed by atoms with E-state index in [1.807, 2.05) is 19.1 Å². The van der Waals surface area contributed by atoms with Gasteiger partial charge in [-0.1, -0.05) is 26.0 Å². The molecule has 0 spiro atoms. The van der Waals surface area contributed by atoms with Crippen LogP contribution in [-0.4, -0.2) is 12.5 Å². The highest BCUT2D eigenvalue weighted by Gasteiger charge is 2.11. The van der Waals surface area contributed by atoms with E-state index >= 15 is 0 Å². The number of benzene rings is 1. The zero-order valence-corrected chi connectivity index (χ0v) is 10.2. The Labute approximate surface area is 97.0 Å². The number of anilines is 1. The van der Waals surface area contributed by atoms with Gasteiger partial charge in [-0.25, -0.2) is 0 Å². The Hall–Kier alpha value is -1.51. The molecule has 0 aliphatic heterocycles. The standard InChI is InChI=1S/C13H20N2O/c1-9(2)7-8-15-13(16)12-10(3)5-4-6-11(12)14/h4-6,9H,7-8,14H2,1-3H3,(H,15,16). The van der Waals surface area contributed by atoms with Crippen LogP contribution in [0.2, 0.25) is 0 Å². The number of nitrogen functional groups attached to an aromatic ring is 1. The molecule has 0 fully saturated rings. The van der Waals surface area contributed by atoms with Gasteiger partial charge in [-0.3, -0.25) is 4.79 Å². The second-order valence-corrected chi connectivity index (χ2v) is 4.48. The first-order chi connectivity index (χ1) is 7.52. The molecule has 1 rings (SSSR count). The monoisotopic (exact) mass is 220 g/mol. The molecule has 0 aliphatic carbocycles. The number of hydrogen-bond acceptors (Lipinski definition) is 2. The van der Waals surface area contributed by atoms with E-state index in [4.69, 9.17) is 5.73 Å². The van der Waals surface area contributed by atoms with Crippen molar-refractivity contribution in [2.45, 2.75) is 27.2 Å². The highest BCUT2D eigenvalue weighted by Crippen LogP contribution is 2.15. The summed E-state index contributed by atoms with van der Waals surface area (Å²) >= 11 is 0. The van der Waals surface area contributed by atoms with Crippen LogP contribution in [0.15, 0.2) is 18.2 Å². The van der Waals surface area contributed by atoms with Gasteiger partial charge in [0.1, 0.15) is 0 Å². The lowest BCUT2D eigenvalue weighted by Crippen LogP contribution is -2.26. The maximum absolute atomic E-state index is 11.9. The smallest absolute Gasteiger partial charge is 0.253 e. The van der Waals surface area contributed by atoms with E-state index in [0.717, 1.165) is 12.0 Å². The van der Waals surface area contributed by atoms with Crippen LogP contribution in [0.25, 0.3) is 0 Å². The lowest BCUT2D eigenvalue weighted by molar-refractivity contribution is 0.0952. The van der Waals surface area contributed by atoms with Crippen molar-refractivity contribution in [3.05, 3.63) is 29.3 Å². The molecule has 3 N–H and O–H groups in total. The first kappa shape index (κ1) is 12.6. The van der Waals surface area contributed by atoms with Crippen LogP contribution in [-0.2, 0) is 0 Å². The minimum absolute atomic E-state index is 0.0729. The van der Waals surface area contributed by atoms with Gasteiger partial charge in [0.05, 0.1) is 5.56 Å². The van der Waals surface area contributed by atoms with Crippen LogP contribution in [0, 0.1) is 12.8 Å². The van der Waals surface area contributed by atoms with E-state index in [1.54, 1.807) is 6.07 Å². The minimum atomic E-state index is -0.0729. The molecule has 3 heteroatoms. The largest absolute Gasteiger partial charge is 0.398 e. The fourth-order valence-electron chi connectivity index (χ4n) is 1.56. The Morgan fingerprint density at radius 1 is 1.44 bits per heavy atom. The molecule has 88 valence electrons. The molecule has 1 aromatic carbocycles. The van der Waals surface area contributed by atoms with Crippen molar-refractivity contribution in [1.29, 1.82) is 0 Å². The summed E-state index contributed by atoms with van der Waals surface area (Å²) in [5, 5.41) is 2.89. The van der Waals surface area contributed by atoms with E-state index in [2.05, 4.69) is 19.2 Å². The van der Waals surface area contributed by atoms with Crippen molar-refractivity contribution >= 4 is 11.6 Å². The summed E-state index contributed by atoms with van der Waals surface area (Å²) in [5.74, 6) is 0.519. The Morgan fingerprint density at radius 3 is 2.69 bits per heavy atom. The predicted molar refractivity (Wildman–Crippen MR) is 67.4 cm³/mol. The predicted octanol–water partition coefficient (Wildman–Crippen LogP) is 2.35. The minimum Gasteiger partial charge on any atom is -0.398 e. The number of hydrogen-bond donors (Lipinski definition) is 2. The Bertz CT molecular complexity index is 352. The summed E-state index contributed by atoms with van der Waals surface area (Å²) < 4.78 is 0. The van der Waals surface area contributed by atoms with Crippen LogP contribution >= 0.6 is 0 Å². The molecule has 1 aromatic rings. The highest BCUT2D eigenvalue weighted by molar-refractivity contribution is 6.00. The Kier molecular flexibility index (Phi) is 4.35. The van der Waals surface area contributed by atoms with Crippen molar-refractivity contribution in [3.8, 4) is 0 Å². The number of aryl methyl sites for hydroxylation is 1. The third kappa shape index (κ3) is 3.26. The summed E-state index contributed by atoms with van der Waals surface area (Å²) in [7, 11) is 0. The molecule has 0 heterocycles. The summed E-state index contributed by atoms with van der Waals surface area (Å²) in [6.45, 7) is 6.86. The van der Waals surface area contributed by atoms with Gasteiger partial charge in [-0.15, -0.1) is 0 Å². The first-order valence-corrected chi connectivity index (χ1v) is 5.65. The molecular formula is C13H20N2O. The van der Waals surface area contributed by atoms with E-state index < -0.39 is 0 Å². The van der Waals surface area contributed by atoms with Gasteiger partial charge in [0.25, 0.3) is 5.91 Å². The average molecular weight is 220 g/mol. The van der Waals surface area contributed by atoms with Crippen molar-refractivity contribution in [2.75, 3.05) is 12.3 Å². The van der Waals surface area contributed by atoms with Crippen LogP contribution in [0.3, 0.4) is 0 Å². The molecule has 0 bridgehead atoms. The van der Waals surface area contributed by atoms with Crippen molar-refractivity contribution in [1.82, 2.24) is 5.32 Å². The molecule has 0 unspecified atom stereocenters. The zero-order chi connectivity index (χ0) is 12.1. The van der Waals surface area contributed by atoms with E-state index in [9.17, 15) is 4.79 Å². The SMILES string of the molecule is Cc1cccc(N)c1C(=O)NCCC(C)C. The van der Waals surface area contributed by atoms with Gasteiger partial charge in [-0.05, 0) is 30.9 Å². The molecule has 0 aliphatic rings. The van der Waals surface area contributed by atoms with Gasteiger partial charge in [0.2, 0.25) is 0 Å². The topological polar surface area (TPSA) is 55.1 Å². The van der Waals surface area contributed by atoms with Gasteiger partial charge < -0.3 is 11.1 Å². The highest BCUT2D eigenvalue weighted by atomic mass is 16.1. The molecule has 0 saturated carbocycles. The van der Waals surface area contributed by atoms with Crippen LogP contribution in [0.1, 0.15) is 36.2 Å². The molecule has 0 radical (unpaired) electrons. The fourth-order valence-corrected chi connectivity index (χ4v) is 1.56. The number of rotatable bonds is 4. The van der Waals surface area contributed by atoms with Crippen molar-refractivity contribution < 1.29 is 4.79 Å². The first-order valence-electron chi connectivity index (χ1n) is 5.65. The van der Waals surface area contributed by atoms with Crippen LogP contribution in [0.4, 0.5) is 5.69 Å². The van der Waals surface area contributed by atoms with E-state index in [-0.39, 0.29) is 5.91 Å². The number of carbonyl (C=O) groups excluding carboxylic acids is 1. The molecular weight excluding hydrogens is 200 g/mol. The average Bonchev–Trinajstić information content (AvgIpc) is 2.16. The summed E-state index contributed by atoms with van der Waals surface area (Å²) in [4.78, 5) is 11.9. The third-order valence-electron chi connectivity index (χ3n) is 2.54. The van der Waals surface area contributed by atoms with Gasteiger partial charge in [0, 0.05) is 12.2 Å². The third-order valence-corrected chi connectivity index (χ3v) is 2.54. The molecule has 0 atom stereocenters. The number of nitrogens with one attached hydrogen (secondary N) is 1. The summed E-state index contributed by atoms with van der Waals surface area (Å²) in [5.41, 5.74) is 7.86. The van der Waals surface area contributed by atoms with Crippen LogP contribution in [0.5, 0.6) is 0 Å². The van der Waals surface area contributed by atoms with Crippen molar-refractivity contribution in [2.24, 2.45) is 5.92 Å². The molecule has 0 aromatic heterocycles. The molecule has 16 heavy (non-hydrogen) atoms. The van der Waals surface area contributed by atoms with E-state index in [1.165, 1.54) is 0 Å². The number of amides is 1. The van der Waals surface area contributed by atoms with E-state index in [0.29, 0.717) is 23.7 Å². The second kappa shape index (κ2) is 5.54. The van der Waals surface area contributed by atoms with Crippen molar-refractivity contribution in [3.63, 3.8) is 0 Å². The fraction of sp³-hybridized carbons (Fsp3) is 0.462. The zero-order valence-electron chi connectivity index (χ0n) is 10.2. The Morgan fingerprint density at radius 2 is 2.12 bits per heavy atom. The second-order valence-electron chi connectivity index (χ2n) is 4.48. The lowest BCUT2D eigenvalue weighted by atomic mass is 10.1. The Balaban J connectivity index is 2.66. The summed E-state index contributed by atoms with van der Waals surface area (Å²) in [6, 6.07) is 5.51. The normalized spacial score (nSPS) is 10.5.